The second-order valence-corrected chi connectivity index (χ2v) is 7.29. The van der Waals surface area contributed by atoms with E-state index in [0.29, 0.717) is 51.1 Å². The van der Waals surface area contributed by atoms with Gasteiger partial charge in [-0.05, 0) is 24.3 Å². The van der Waals surface area contributed by atoms with Crippen LogP contribution in [0.15, 0.2) is 28.8 Å². The van der Waals surface area contributed by atoms with E-state index in [-0.39, 0.29) is 5.91 Å². The molecule has 2 aliphatic heterocycles. The number of rotatable bonds is 6. The number of carbonyl (C=O) groups is 1. The van der Waals surface area contributed by atoms with Gasteiger partial charge in [0.05, 0.1) is 33.4 Å². The van der Waals surface area contributed by atoms with E-state index >= 15 is 0 Å². The van der Waals surface area contributed by atoms with E-state index in [9.17, 15) is 4.79 Å². The molecule has 2 saturated heterocycles. The van der Waals surface area contributed by atoms with Gasteiger partial charge in [-0.1, -0.05) is 5.16 Å². The van der Waals surface area contributed by atoms with Crippen molar-refractivity contribution in [3.63, 3.8) is 0 Å². The van der Waals surface area contributed by atoms with Crippen LogP contribution < -0.4 is 4.74 Å². The maximum absolute atomic E-state index is 12.4. The molecule has 2 fully saturated rings. The number of morpholine rings is 1. The summed E-state index contributed by atoms with van der Waals surface area (Å²) < 4.78 is 15.9. The summed E-state index contributed by atoms with van der Waals surface area (Å²) in [7, 11) is 1.64. The number of aromatic nitrogens is 2. The smallest absolute Gasteiger partial charge is 0.241 e. The zero-order valence-electron chi connectivity index (χ0n) is 16.7. The Balaban J connectivity index is 1.24. The third kappa shape index (κ3) is 5.11. The minimum atomic E-state index is 0.197. The van der Waals surface area contributed by atoms with Gasteiger partial charge in [0.2, 0.25) is 17.6 Å². The Morgan fingerprint density at radius 1 is 1.03 bits per heavy atom. The molecule has 0 bridgehead atoms. The van der Waals surface area contributed by atoms with Crippen molar-refractivity contribution in [2.45, 2.75) is 6.54 Å². The molecule has 3 heterocycles. The number of carbonyl (C=O) groups excluding carboxylic acids is 1. The first-order valence-corrected chi connectivity index (χ1v) is 9.98. The van der Waals surface area contributed by atoms with Gasteiger partial charge < -0.3 is 18.9 Å². The number of methoxy groups -OCH3 is 1. The van der Waals surface area contributed by atoms with Gasteiger partial charge in [-0.25, -0.2) is 0 Å². The minimum Gasteiger partial charge on any atom is -0.497 e. The van der Waals surface area contributed by atoms with Gasteiger partial charge in [0.1, 0.15) is 5.75 Å². The molecular formula is C20H27N5O4. The highest BCUT2D eigenvalue weighted by Crippen LogP contribution is 2.20. The van der Waals surface area contributed by atoms with Gasteiger partial charge in [-0.3, -0.25) is 14.6 Å². The molecule has 4 rings (SSSR count). The molecular weight excluding hydrogens is 374 g/mol. The molecule has 2 aromatic rings. The Labute approximate surface area is 170 Å². The predicted octanol–water partition coefficient (Wildman–Crippen LogP) is 0.722. The van der Waals surface area contributed by atoms with Gasteiger partial charge in [-0.2, -0.15) is 4.98 Å². The van der Waals surface area contributed by atoms with Crippen molar-refractivity contribution in [2.24, 2.45) is 0 Å². The number of nitrogens with zero attached hydrogens (tertiary/aromatic N) is 5. The van der Waals surface area contributed by atoms with Gasteiger partial charge in [0.15, 0.2) is 0 Å². The first-order valence-electron chi connectivity index (χ1n) is 9.98. The average molecular weight is 401 g/mol. The van der Waals surface area contributed by atoms with Crippen LogP contribution in [-0.2, 0) is 16.1 Å². The van der Waals surface area contributed by atoms with Crippen LogP contribution in [0.25, 0.3) is 11.4 Å². The first-order chi connectivity index (χ1) is 14.2. The van der Waals surface area contributed by atoms with Crippen molar-refractivity contribution in [3.05, 3.63) is 30.2 Å². The number of ether oxygens (including phenoxy) is 2. The Hall–Kier alpha value is -2.49. The van der Waals surface area contributed by atoms with E-state index in [1.165, 1.54) is 0 Å². The van der Waals surface area contributed by atoms with Crippen LogP contribution in [0, 0.1) is 0 Å². The summed E-state index contributed by atoms with van der Waals surface area (Å²) in [5.74, 6) is 2.18. The van der Waals surface area contributed by atoms with Crippen LogP contribution in [0.2, 0.25) is 0 Å². The van der Waals surface area contributed by atoms with Crippen LogP contribution in [0.4, 0.5) is 0 Å². The highest BCUT2D eigenvalue weighted by molar-refractivity contribution is 5.78. The summed E-state index contributed by atoms with van der Waals surface area (Å²) in [5.41, 5.74) is 0.896. The van der Waals surface area contributed by atoms with E-state index < -0.39 is 0 Å². The second kappa shape index (κ2) is 9.34. The summed E-state index contributed by atoms with van der Waals surface area (Å²) in [4.78, 5) is 23.3. The minimum absolute atomic E-state index is 0.197. The fraction of sp³-hybridized carbons (Fsp3) is 0.550. The van der Waals surface area contributed by atoms with Crippen molar-refractivity contribution in [1.29, 1.82) is 0 Å². The molecule has 9 nitrogen and oxygen atoms in total. The molecule has 1 aromatic carbocycles. The lowest BCUT2D eigenvalue weighted by Crippen LogP contribution is -2.51. The quantitative estimate of drug-likeness (QED) is 0.700. The fourth-order valence-corrected chi connectivity index (χ4v) is 3.58. The molecule has 0 atom stereocenters. The molecule has 156 valence electrons. The van der Waals surface area contributed by atoms with E-state index in [4.69, 9.17) is 14.0 Å². The van der Waals surface area contributed by atoms with Gasteiger partial charge in [0, 0.05) is 44.8 Å². The summed E-state index contributed by atoms with van der Waals surface area (Å²) in [6, 6.07) is 7.58. The predicted molar refractivity (Wildman–Crippen MR) is 105 cm³/mol. The van der Waals surface area contributed by atoms with Crippen LogP contribution in [0.1, 0.15) is 5.89 Å². The lowest BCUT2D eigenvalue weighted by atomic mass is 10.2. The molecule has 0 spiro atoms. The standard InChI is InChI=1S/C20H27N5O4/c1-27-17-4-2-16(3-5-17)20-21-18(29-22-20)14-23-6-8-24(9-7-23)15-19(26)25-10-12-28-13-11-25/h2-5H,6-15H2,1H3. The summed E-state index contributed by atoms with van der Waals surface area (Å²) >= 11 is 0. The van der Waals surface area contributed by atoms with Gasteiger partial charge >= 0.3 is 0 Å². The van der Waals surface area contributed by atoms with Crippen molar-refractivity contribution in [3.8, 4) is 17.1 Å². The topological polar surface area (TPSA) is 84.2 Å². The maximum Gasteiger partial charge on any atom is 0.241 e. The zero-order valence-corrected chi connectivity index (χ0v) is 16.7. The fourth-order valence-electron chi connectivity index (χ4n) is 3.58. The largest absolute Gasteiger partial charge is 0.497 e. The second-order valence-electron chi connectivity index (χ2n) is 7.29. The summed E-state index contributed by atoms with van der Waals surface area (Å²) in [6.45, 7) is 7.24. The van der Waals surface area contributed by atoms with E-state index in [1.807, 2.05) is 29.2 Å². The molecule has 0 unspecified atom stereocenters. The molecule has 2 aliphatic rings. The number of hydrogen-bond acceptors (Lipinski definition) is 8. The van der Waals surface area contributed by atoms with Crippen molar-refractivity contribution < 1.29 is 18.8 Å². The molecule has 9 heteroatoms. The molecule has 0 saturated carbocycles. The molecule has 0 radical (unpaired) electrons. The monoisotopic (exact) mass is 401 g/mol. The molecule has 0 N–H and O–H groups in total. The van der Waals surface area contributed by atoms with Crippen LogP contribution in [0.3, 0.4) is 0 Å². The van der Waals surface area contributed by atoms with Crippen LogP contribution in [-0.4, -0.2) is 96.9 Å². The number of piperazine rings is 1. The third-order valence-electron chi connectivity index (χ3n) is 5.36. The average Bonchev–Trinajstić information content (AvgIpc) is 3.24. The summed E-state index contributed by atoms with van der Waals surface area (Å²) in [6.07, 6.45) is 0. The lowest BCUT2D eigenvalue weighted by Gasteiger charge is -2.35. The normalized spacial score (nSPS) is 18.7. The van der Waals surface area contributed by atoms with E-state index in [1.54, 1.807) is 7.11 Å². The first kappa shape index (κ1) is 19.8. The Morgan fingerprint density at radius 3 is 2.41 bits per heavy atom. The van der Waals surface area contributed by atoms with E-state index in [0.717, 1.165) is 37.5 Å². The molecule has 1 amide bonds. The van der Waals surface area contributed by atoms with E-state index in [2.05, 4.69) is 19.9 Å². The highest BCUT2D eigenvalue weighted by Gasteiger charge is 2.24. The van der Waals surface area contributed by atoms with Crippen LogP contribution in [0.5, 0.6) is 5.75 Å². The molecule has 29 heavy (non-hydrogen) atoms. The lowest BCUT2D eigenvalue weighted by molar-refractivity contribution is -0.136. The number of benzene rings is 1. The Morgan fingerprint density at radius 2 is 1.72 bits per heavy atom. The Kier molecular flexibility index (Phi) is 6.38. The van der Waals surface area contributed by atoms with Gasteiger partial charge in [-0.15, -0.1) is 0 Å². The maximum atomic E-state index is 12.4. The van der Waals surface area contributed by atoms with Gasteiger partial charge in [0.25, 0.3) is 0 Å². The van der Waals surface area contributed by atoms with Crippen molar-refractivity contribution in [1.82, 2.24) is 24.8 Å². The SMILES string of the molecule is COc1ccc(-c2noc(CN3CCN(CC(=O)N4CCOCC4)CC3)n2)cc1. The summed E-state index contributed by atoms with van der Waals surface area (Å²) in [5, 5.41) is 4.09. The van der Waals surface area contributed by atoms with Crippen molar-refractivity contribution in [2.75, 3.05) is 66.1 Å². The number of hydrogen-bond donors (Lipinski definition) is 0. The zero-order chi connectivity index (χ0) is 20.1. The van der Waals surface area contributed by atoms with Crippen molar-refractivity contribution >= 4 is 5.91 Å². The molecule has 0 aliphatic carbocycles. The third-order valence-corrected chi connectivity index (χ3v) is 5.36. The molecule has 1 aromatic heterocycles. The highest BCUT2D eigenvalue weighted by atomic mass is 16.5. The van der Waals surface area contributed by atoms with Crippen LogP contribution >= 0.6 is 0 Å². The number of amides is 1. The Bertz CT molecular complexity index is 795.